The Bertz CT molecular complexity index is 831. The molecular formula is C21H26N2O4. The zero-order valence-corrected chi connectivity index (χ0v) is 16.1. The lowest BCUT2D eigenvalue weighted by molar-refractivity contribution is -0.138. The molecule has 1 amide bonds. The van der Waals surface area contributed by atoms with E-state index >= 15 is 0 Å². The van der Waals surface area contributed by atoms with Crippen LogP contribution in [0.1, 0.15) is 41.0 Å². The zero-order chi connectivity index (χ0) is 19.6. The van der Waals surface area contributed by atoms with Gasteiger partial charge in [-0.15, -0.1) is 0 Å². The summed E-state index contributed by atoms with van der Waals surface area (Å²) >= 11 is 0. The van der Waals surface area contributed by atoms with Crippen molar-refractivity contribution in [2.24, 2.45) is 5.92 Å². The summed E-state index contributed by atoms with van der Waals surface area (Å²) in [7, 11) is 1.64. The number of rotatable bonds is 5. The summed E-state index contributed by atoms with van der Waals surface area (Å²) in [5.74, 6) is 0.222. The number of methoxy groups -OCH3 is 1. The van der Waals surface area contributed by atoms with Crippen molar-refractivity contribution in [2.75, 3.05) is 20.2 Å². The number of likely N-dealkylation sites (tertiary alicyclic amines) is 1. The highest BCUT2D eigenvalue weighted by Crippen LogP contribution is 2.26. The van der Waals surface area contributed by atoms with E-state index in [1.165, 1.54) is 0 Å². The Morgan fingerprint density at radius 3 is 2.33 bits per heavy atom. The van der Waals surface area contributed by atoms with Crippen molar-refractivity contribution in [3.05, 3.63) is 47.3 Å². The SMILES string of the molecule is COc1ccc(-n2c(C)cc(C(=O)N3CCC(CC(=O)O)CC3)c2C)cc1. The number of carbonyl (C=O) groups excluding carboxylic acids is 1. The summed E-state index contributed by atoms with van der Waals surface area (Å²) in [6.45, 7) is 5.18. The van der Waals surface area contributed by atoms with Crippen LogP contribution in [-0.4, -0.2) is 46.6 Å². The van der Waals surface area contributed by atoms with Gasteiger partial charge in [0, 0.05) is 36.6 Å². The highest BCUT2D eigenvalue weighted by atomic mass is 16.5. The van der Waals surface area contributed by atoms with E-state index in [0.29, 0.717) is 18.7 Å². The molecule has 144 valence electrons. The van der Waals surface area contributed by atoms with Crippen LogP contribution in [0, 0.1) is 19.8 Å². The molecule has 2 aromatic rings. The number of aliphatic carboxylic acids is 1. The molecule has 0 aliphatic carbocycles. The van der Waals surface area contributed by atoms with Crippen LogP contribution in [0.2, 0.25) is 0 Å². The predicted octanol–water partition coefficient (Wildman–Crippen LogP) is 3.43. The van der Waals surface area contributed by atoms with Crippen LogP contribution in [0.15, 0.2) is 30.3 Å². The van der Waals surface area contributed by atoms with E-state index in [1.807, 2.05) is 49.1 Å². The van der Waals surface area contributed by atoms with Gasteiger partial charge in [0.2, 0.25) is 0 Å². The van der Waals surface area contributed by atoms with Crippen LogP contribution in [0.3, 0.4) is 0 Å². The molecule has 0 atom stereocenters. The zero-order valence-electron chi connectivity index (χ0n) is 16.1. The summed E-state index contributed by atoms with van der Waals surface area (Å²) in [6, 6.07) is 9.70. The molecule has 1 aliphatic heterocycles. The number of hydrogen-bond donors (Lipinski definition) is 1. The second-order valence-electron chi connectivity index (χ2n) is 7.15. The fraction of sp³-hybridized carbons (Fsp3) is 0.429. The molecule has 1 fully saturated rings. The quantitative estimate of drug-likeness (QED) is 0.875. The topological polar surface area (TPSA) is 71.8 Å². The third kappa shape index (κ3) is 3.99. The van der Waals surface area contributed by atoms with Gasteiger partial charge in [-0.25, -0.2) is 0 Å². The molecule has 3 rings (SSSR count). The number of amides is 1. The smallest absolute Gasteiger partial charge is 0.303 e. The standard InChI is InChI=1S/C21H26N2O4/c1-14-12-19(15(2)23(14)17-4-6-18(27-3)7-5-17)21(26)22-10-8-16(9-11-22)13-20(24)25/h4-7,12,16H,8-11,13H2,1-3H3,(H,24,25). The fourth-order valence-corrected chi connectivity index (χ4v) is 3.87. The summed E-state index contributed by atoms with van der Waals surface area (Å²) in [5.41, 5.74) is 3.61. The van der Waals surface area contributed by atoms with Crippen LogP contribution in [-0.2, 0) is 4.79 Å². The van der Waals surface area contributed by atoms with E-state index in [-0.39, 0.29) is 18.2 Å². The van der Waals surface area contributed by atoms with Crippen molar-refractivity contribution >= 4 is 11.9 Å². The van der Waals surface area contributed by atoms with Crippen molar-refractivity contribution in [3.63, 3.8) is 0 Å². The Hall–Kier alpha value is -2.76. The maximum atomic E-state index is 13.0. The average Bonchev–Trinajstić information content (AvgIpc) is 2.95. The van der Waals surface area contributed by atoms with E-state index in [1.54, 1.807) is 7.11 Å². The van der Waals surface area contributed by atoms with Crippen LogP contribution in [0.25, 0.3) is 5.69 Å². The van der Waals surface area contributed by atoms with Gasteiger partial charge >= 0.3 is 5.97 Å². The van der Waals surface area contributed by atoms with Crippen molar-refractivity contribution in [3.8, 4) is 11.4 Å². The number of nitrogens with zero attached hydrogens (tertiary/aromatic N) is 2. The molecule has 1 aromatic carbocycles. The van der Waals surface area contributed by atoms with Crippen LogP contribution in [0.5, 0.6) is 5.75 Å². The molecule has 27 heavy (non-hydrogen) atoms. The molecule has 0 spiro atoms. The first kappa shape index (κ1) is 19.0. The van der Waals surface area contributed by atoms with Gasteiger partial charge in [-0.3, -0.25) is 9.59 Å². The molecule has 1 N–H and O–H groups in total. The Morgan fingerprint density at radius 2 is 1.78 bits per heavy atom. The lowest BCUT2D eigenvalue weighted by Gasteiger charge is -2.31. The number of piperidine rings is 1. The second kappa shape index (κ2) is 7.86. The highest BCUT2D eigenvalue weighted by molar-refractivity contribution is 5.96. The van der Waals surface area contributed by atoms with E-state index in [9.17, 15) is 9.59 Å². The molecule has 2 heterocycles. The summed E-state index contributed by atoms with van der Waals surface area (Å²) in [5, 5.41) is 8.94. The summed E-state index contributed by atoms with van der Waals surface area (Å²) in [6.07, 6.45) is 1.68. The van der Waals surface area contributed by atoms with Crippen molar-refractivity contribution in [2.45, 2.75) is 33.1 Å². The molecule has 0 radical (unpaired) electrons. The molecule has 6 nitrogen and oxygen atoms in total. The summed E-state index contributed by atoms with van der Waals surface area (Å²) in [4.78, 5) is 25.7. The first-order valence-corrected chi connectivity index (χ1v) is 9.25. The lowest BCUT2D eigenvalue weighted by Crippen LogP contribution is -2.39. The summed E-state index contributed by atoms with van der Waals surface area (Å²) < 4.78 is 7.29. The minimum atomic E-state index is -0.761. The maximum Gasteiger partial charge on any atom is 0.303 e. The number of aryl methyl sites for hydroxylation is 1. The molecule has 1 saturated heterocycles. The number of aromatic nitrogens is 1. The van der Waals surface area contributed by atoms with Gasteiger partial charge in [-0.2, -0.15) is 0 Å². The number of carbonyl (C=O) groups is 2. The lowest BCUT2D eigenvalue weighted by atomic mass is 9.93. The molecule has 6 heteroatoms. The molecule has 1 aromatic heterocycles. The Labute approximate surface area is 159 Å². The molecule has 0 unspecified atom stereocenters. The van der Waals surface area contributed by atoms with Gasteiger partial charge < -0.3 is 19.3 Å². The van der Waals surface area contributed by atoms with E-state index in [0.717, 1.165) is 35.7 Å². The van der Waals surface area contributed by atoms with Gasteiger partial charge in [0.1, 0.15) is 5.75 Å². The van der Waals surface area contributed by atoms with Crippen LogP contribution < -0.4 is 4.74 Å². The van der Waals surface area contributed by atoms with E-state index in [2.05, 4.69) is 4.57 Å². The number of ether oxygens (including phenoxy) is 1. The Morgan fingerprint density at radius 1 is 1.15 bits per heavy atom. The molecule has 0 bridgehead atoms. The van der Waals surface area contributed by atoms with Crippen molar-refractivity contribution < 1.29 is 19.4 Å². The normalized spacial score (nSPS) is 15.0. The van der Waals surface area contributed by atoms with Crippen LogP contribution >= 0.6 is 0 Å². The number of hydrogen-bond acceptors (Lipinski definition) is 3. The largest absolute Gasteiger partial charge is 0.497 e. The Kier molecular flexibility index (Phi) is 5.54. The van der Waals surface area contributed by atoms with Gasteiger partial charge in [0.05, 0.1) is 12.7 Å². The van der Waals surface area contributed by atoms with Gasteiger partial charge in [-0.1, -0.05) is 0 Å². The monoisotopic (exact) mass is 370 g/mol. The van der Waals surface area contributed by atoms with Crippen molar-refractivity contribution in [1.82, 2.24) is 9.47 Å². The van der Waals surface area contributed by atoms with Crippen LogP contribution in [0.4, 0.5) is 0 Å². The van der Waals surface area contributed by atoms with Crippen molar-refractivity contribution in [1.29, 1.82) is 0 Å². The van der Waals surface area contributed by atoms with Gasteiger partial charge in [0.25, 0.3) is 5.91 Å². The minimum Gasteiger partial charge on any atom is -0.497 e. The van der Waals surface area contributed by atoms with E-state index in [4.69, 9.17) is 9.84 Å². The Balaban J connectivity index is 1.77. The number of carboxylic acid groups (broad SMARTS) is 1. The first-order chi connectivity index (χ1) is 12.9. The molecule has 0 saturated carbocycles. The van der Waals surface area contributed by atoms with E-state index < -0.39 is 5.97 Å². The van der Waals surface area contributed by atoms with Gasteiger partial charge in [0.15, 0.2) is 0 Å². The number of carboxylic acids is 1. The molecular weight excluding hydrogens is 344 g/mol. The second-order valence-corrected chi connectivity index (χ2v) is 7.15. The van der Waals surface area contributed by atoms with Gasteiger partial charge in [-0.05, 0) is 62.9 Å². The minimum absolute atomic E-state index is 0.0247. The average molecular weight is 370 g/mol. The maximum absolute atomic E-state index is 13.0. The third-order valence-electron chi connectivity index (χ3n) is 5.36. The fourth-order valence-electron chi connectivity index (χ4n) is 3.87. The predicted molar refractivity (Wildman–Crippen MR) is 103 cm³/mol. The molecule has 1 aliphatic rings. The highest BCUT2D eigenvalue weighted by Gasteiger charge is 2.27. The number of benzene rings is 1. The first-order valence-electron chi connectivity index (χ1n) is 9.25. The third-order valence-corrected chi connectivity index (χ3v) is 5.36.